The second-order valence-electron chi connectivity index (χ2n) is 6.12. The topological polar surface area (TPSA) is 46.6 Å². The molecule has 24 heavy (non-hydrogen) atoms. The number of likely N-dealkylation sites (tertiary alicyclic amines) is 1. The second kappa shape index (κ2) is 6.87. The lowest BCUT2D eigenvalue weighted by Crippen LogP contribution is -2.40. The van der Waals surface area contributed by atoms with Crippen molar-refractivity contribution in [3.8, 4) is 5.75 Å². The molecule has 1 fully saturated rings. The Morgan fingerprint density at radius 1 is 1.00 bits per heavy atom. The Balaban J connectivity index is 1.80. The molecule has 0 radical (unpaired) electrons. The molecule has 0 aromatic heterocycles. The van der Waals surface area contributed by atoms with Crippen molar-refractivity contribution in [2.75, 3.05) is 13.7 Å². The van der Waals surface area contributed by atoms with Crippen molar-refractivity contribution >= 4 is 11.7 Å². The van der Waals surface area contributed by atoms with Crippen LogP contribution in [0.5, 0.6) is 5.75 Å². The summed E-state index contributed by atoms with van der Waals surface area (Å²) < 4.78 is 5.12. The fourth-order valence-corrected chi connectivity index (χ4v) is 3.09. The van der Waals surface area contributed by atoms with Gasteiger partial charge in [-0.05, 0) is 44.0 Å². The van der Waals surface area contributed by atoms with Crippen LogP contribution in [0.4, 0.5) is 0 Å². The molecule has 1 amide bonds. The van der Waals surface area contributed by atoms with Crippen LogP contribution >= 0.6 is 0 Å². The van der Waals surface area contributed by atoms with Gasteiger partial charge in [-0.15, -0.1) is 0 Å². The van der Waals surface area contributed by atoms with Crippen LogP contribution in [0.25, 0.3) is 0 Å². The minimum Gasteiger partial charge on any atom is -0.497 e. The molecule has 2 aromatic rings. The maximum Gasteiger partial charge on any atom is 0.254 e. The van der Waals surface area contributed by atoms with Gasteiger partial charge in [-0.1, -0.05) is 29.8 Å². The number of ether oxygens (including phenoxy) is 1. The molecule has 1 saturated heterocycles. The second-order valence-corrected chi connectivity index (χ2v) is 6.12. The fraction of sp³-hybridized carbons (Fsp3) is 0.300. The smallest absolute Gasteiger partial charge is 0.254 e. The molecule has 1 unspecified atom stereocenters. The number of hydrogen-bond acceptors (Lipinski definition) is 3. The molecule has 1 heterocycles. The average Bonchev–Trinajstić information content (AvgIpc) is 3.11. The predicted octanol–water partition coefficient (Wildman–Crippen LogP) is 3.49. The minimum absolute atomic E-state index is 0.0226. The first-order valence-corrected chi connectivity index (χ1v) is 8.16. The summed E-state index contributed by atoms with van der Waals surface area (Å²) in [5.74, 6) is 0.634. The number of Topliss-reactive ketones (excluding diaryl/α,β-unsaturated/α-hetero) is 1. The molecule has 0 aliphatic carbocycles. The van der Waals surface area contributed by atoms with Crippen molar-refractivity contribution in [2.24, 2.45) is 0 Å². The SMILES string of the molecule is COc1ccc(C(=O)N2CCCC2C(=O)c2ccc(C)cc2)cc1. The van der Waals surface area contributed by atoms with Crippen LogP contribution < -0.4 is 4.74 Å². The number of aryl methyl sites for hydroxylation is 1. The van der Waals surface area contributed by atoms with Crippen molar-refractivity contribution in [1.82, 2.24) is 4.90 Å². The number of methoxy groups -OCH3 is 1. The van der Waals surface area contributed by atoms with E-state index in [1.165, 1.54) is 0 Å². The molecule has 1 atom stereocenters. The number of carbonyl (C=O) groups is 2. The van der Waals surface area contributed by atoms with Gasteiger partial charge in [0.25, 0.3) is 5.91 Å². The van der Waals surface area contributed by atoms with Crippen molar-refractivity contribution in [2.45, 2.75) is 25.8 Å². The summed E-state index contributed by atoms with van der Waals surface area (Å²) in [6.45, 7) is 2.61. The van der Waals surface area contributed by atoms with Gasteiger partial charge in [0.05, 0.1) is 13.2 Å². The highest BCUT2D eigenvalue weighted by molar-refractivity contribution is 6.04. The summed E-state index contributed by atoms with van der Waals surface area (Å²) >= 11 is 0. The van der Waals surface area contributed by atoms with Crippen LogP contribution in [-0.4, -0.2) is 36.3 Å². The Kier molecular flexibility index (Phi) is 4.65. The van der Waals surface area contributed by atoms with Gasteiger partial charge in [-0.25, -0.2) is 0 Å². The molecule has 0 saturated carbocycles. The number of amides is 1. The predicted molar refractivity (Wildman–Crippen MR) is 92.6 cm³/mol. The summed E-state index contributed by atoms with van der Waals surface area (Å²) in [6.07, 6.45) is 1.57. The van der Waals surface area contributed by atoms with E-state index in [2.05, 4.69) is 0 Å². The third kappa shape index (κ3) is 3.18. The number of hydrogen-bond donors (Lipinski definition) is 0. The molecule has 0 spiro atoms. The molecule has 4 heteroatoms. The van der Waals surface area contributed by atoms with E-state index in [1.807, 2.05) is 31.2 Å². The lowest BCUT2D eigenvalue weighted by atomic mass is 10.0. The Bertz CT molecular complexity index is 734. The molecule has 2 aromatic carbocycles. The summed E-state index contributed by atoms with van der Waals surface area (Å²) in [5, 5.41) is 0. The molecular weight excluding hydrogens is 302 g/mol. The van der Waals surface area contributed by atoms with E-state index in [0.29, 0.717) is 29.8 Å². The zero-order valence-electron chi connectivity index (χ0n) is 14.0. The van der Waals surface area contributed by atoms with Crippen LogP contribution in [0, 0.1) is 6.92 Å². The fourth-order valence-electron chi connectivity index (χ4n) is 3.09. The highest BCUT2D eigenvalue weighted by Gasteiger charge is 2.34. The van der Waals surface area contributed by atoms with E-state index in [-0.39, 0.29) is 17.7 Å². The lowest BCUT2D eigenvalue weighted by molar-refractivity contribution is 0.0671. The Morgan fingerprint density at radius 2 is 1.62 bits per heavy atom. The number of rotatable bonds is 4. The van der Waals surface area contributed by atoms with E-state index in [9.17, 15) is 9.59 Å². The first-order chi connectivity index (χ1) is 11.6. The molecular formula is C20H21NO3. The minimum atomic E-state index is -0.373. The van der Waals surface area contributed by atoms with Crippen LogP contribution in [0.1, 0.15) is 39.1 Å². The number of benzene rings is 2. The van der Waals surface area contributed by atoms with Gasteiger partial charge in [0.15, 0.2) is 5.78 Å². The molecule has 1 aliphatic heterocycles. The van der Waals surface area contributed by atoms with Gasteiger partial charge in [-0.2, -0.15) is 0 Å². The normalized spacial score (nSPS) is 16.9. The monoisotopic (exact) mass is 323 g/mol. The molecule has 0 bridgehead atoms. The summed E-state index contributed by atoms with van der Waals surface area (Å²) in [6, 6.07) is 14.2. The van der Waals surface area contributed by atoms with Gasteiger partial charge >= 0.3 is 0 Å². The zero-order chi connectivity index (χ0) is 17.1. The maximum atomic E-state index is 12.8. The Morgan fingerprint density at radius 3 is 2.25 bits per heavy atom. The van der Waals surface area contributed by atoms with Gasteiger partial charge < -0.3 is 9.64 Å². The van der Waals surface area contributed by atoms with Crippen molar-refractivity contribution < 1.29 is 14.3 Å². The van der Waals surface area contributed by atoms with Crippen molar-refractivity contribution in [3.63, 3.8) is 0 Å². The van der Waals surface area contributed by atoms with Crippen LogP contribution in [0.15, 0.2) is 48.5 Å². The molecule has 4 nitrogen and oxygen atoms in total. The van der Waals surface area contributed by atoms with Crippen LogP contribution in [-0.2, 0) is 0 Å². The number of ketones is 1. The van der Waals surface area contributed by atoms with Crippen molar-refractivity contribution in [1.29, 1.82) is 0 Å². The standard InChI is InChI=1S/C20H21NO3/c1-14-5-7-15(8-6-14)19(22)18-4-3-13-21(18)20(23)16-9-11-17(24-2)12-10-16/h5-12,18H,3-4,13H2,1-2H3. The third-order valence-corrected chi connectivity index (χ3v) is 4.49. The number of nitrogens with zero attached hydrogens (tertiary/aromatic N) is 1. The van der Waals surface area contributed by atoms with E-state index >= 15 is 0 Å². The number of carbonyl (C=O) groups excluding carboxylic acids is 2. The van der Waals surface area contributed by atoms with E-state index in [1.54, 1.807) is 36.3 Å². The maximum absolute atomic E-state index is 12.8. The summed E-state index contributed by atoms with van der Waals surface area (Å²) in [7, 11) is 1.59. The summed E-state index contributed by atoms with van der Waals surface area (Å²) in [4.78, 5) is 27.3. The molecule has 0 N–H and O–H groups in total. The van der Waals surface area contributed by atoms with Gasteiger partial charge in [0.1, 0.15) is 5.75 Å². The molecule has 1 aliphatic rings. The van der Waals surface area contributed by atoms with E-state index in [0.717, 1.165) is 12.0 Å². The third-order valence-electron chi connectivity index (χ3n) is 4.49. The van der Waals surface area contributed by atoms with E-state index in [4.69, 9.17) is 4.74 Å². The van der Waals surface area contributed by atoms with Gasteiger partial charge in [0, 0.05) is 17.7 Å². The van der Waals surface area contributed by atoms with Crippen LogP contribution in [0.2, 0.25) is 0 Å². The molecule has 124 valence electrons. The largest absolute Gasteiger partial charge is 0.497 e. The first kappa shape index (κ1) is 16.2. The van der Waals surface area contributed by atoms with E-state index < -0.39 is 0 Å². The van der Waals surface area contributed by atoms with Crippen molar-refractivity contribution in [3.05, 3.63) is 65.2 Å². The molecule has 3 rings (SSSR count). The Labute approximate surface area is 142 Å². The van der Waals surface area contributed by atoms with Gasteiger partial charge in [-0.3, -0.25) is 9.59 Å². The highest BCUT2D eigenvalue weighted by Crippen LogP contribution is 2.24. The summed E-state index contributed by atoms with van der Waals surface area (Å²) in [5.41, 5.74) is 2.36. The Hall–Kier alpha value is -2.62. The highest BCUT2D eigenvalue weighted by atomic mass is 16.5. The average molecular weight is 323 g/mol. The lowest BCUT2D eigenvalue weighted by Gasteiger charge is -2.24. The zero-order valence-corrected chi connectivity index (χ0v) is 14.0. The van der Waals surface area contributed by atoms with Crippen LogP contribution in [0.3, 0.4) is 0 Å². The first-order valence-electron chi connectivity index (χ1n) is 8.16. The quantitative estimate of drug-likeness (QED) is 0.809. The van der Waals surface area contributed by atoms with Gasteiger partial charge in [0.2, 0.25) is 0 Å².